The van der Waals surface area contributed by atoms with Gasteiger partial charge in [0.2, 0.25) is 0 Å². The zero-order valence-electron chi connectivity index (χ0n) is 23.3. The van der Waals surface area contributed by atoms with Gasteiger partial charge in [0, 0.05) is 0 Å². The fourth-order valence-electron chi connectivity index (χ4n) is 7.56. The van der Waals surface area contributed by atoms with Crippen molar-refractivity contribution in [3.05, 3.63) is 215 Å². The van der Waals surface area contributed by atoms with Crippen LogP contribution >= 0.6 is 0 Å². The molecule has 0 N–H and O–H groups in total. The van der Waals surface area contributed by atoms with Crippen molar-refractivity contribution in [1.29, 1.82) is 0 Å². The average molecular weight is 535 g/mol. The summed E-state index contributed by atoms with van der Waals surface area (Å²) in [6, 6.07) is 66.6. The molecule has 0 unspecified atom stereocenters. The van der Waals surface area contributed by atoms with E-state index in [9.17, 15) is 0 Å². The molecule has 0 atom stereocenters. The molecule has 0 bridgehead atoms. The Labute approximate surface area is 248 Å². The fraction of sp³-hybridized carbons (Fsp3) is 0.0476. The lowest BCUT2D eigenvalue weighted by atomic mass is 9.63. The summed E-state index contributed by atoms with van der Waals surface area (Å²) in [4.78, 5) is 0. The summed E-state index contributed by atoms with van der Waals surface area (Å²) < 4.78 is 0. The van der Waals surface area contributed by atoms with E-state index in [1.165, 1.54) is 55.7 Å². The molecular weight excluding hydrogens is 504 g/mol. The first-order valence-electron chi connectivity index (χ1n) is 14.7. The molecule has 0 heteroatoms. The second-order valence-electron chi connectivity index (χ2n) is 11.2. The fourth-order valence-corrected chi connectivity index (χ4v) is 7.56. The molecule has 2 aliphatic rings. The molecule has 0 aromatic heterocycles. The second-order valence-corrected chi connectivity index (χ2v) is 11.2. The molecule has 0 spiro atoms. The van der Waals surface area contributed by atoms with Crippen LogP contribution in [0, 0.1) is 0 Å². The predicted octanol–water partition coefficient (Wildman–Crippen LogP) is 10.1. The van der Waals surface area contributed by atoms with Crippen molar-refractivity contribution in [2.24, 2.45) is 0 Å². The van der Waals surface area contributed by atoms with Gasteiger partial charge < -0.3 is 0 Å². The molecule has 0 heterocycles. The Balaban J connectivity index is 1.52. The van der Waals surface area contributed by atoms with Crippen LogP contribution in [0.15, 0.2) is 182 Å². The molecule has 6 aromatic rings. The van der Waals surface area contributed by atoms with Crippen molar-refractivity contribution in [2.75, 3.05) is 0 Å². The third-order valence-corrected chi connectivity index (χ3v) is 9.10. The monoisotopic (exact) mass is 534 g/mol. The lowest BCUT2D eigenvalue weighted by Gasteiger charge is -2.36. The molecule has 42 heavy (non-hydrogen) atoms. The molecule has 198 valence electrons. The molecule has 6 aromatic carbocycles. The summed E-state index contributed by atoms with van der Waals surface area (Å²) in [6.45, 7) is 0. The third-order valence-electron chi connectivity index (χ3n) is 9.10. The highest BCUT2D eigenvalue weighted by Gasteiger charge is 2.76. The van der Waals surface area contributed by atoms with Gasteiger partial charge in [-0.05, 0) is 55.7 Å². The largest absolute Gasteiger partial charge is 0.0648 e. The van der Waals surface area contributed by atoms with Crippen LogP contribution in [-0.2, 0) is 10.8 Å². The summed E-state index contributed by atoms with van der Waals surface area (Å²) in [5.74, 6) is 0. The number of allylic oxidation sites excluding steroid dienone is 4. The van der Waals surface area contributed by atoms with Crippen molar-refractivity contribution in [3.8, 4) is 0 Å². The molecule has 0 amide bonds. The highest BCUT2D eigenvalue weighted by molar-refractivity contribution is 6.33. The summed E-state index contributed by atoms with van der Waals surface area (Å²) in [5.41, 5.74) is 12.6. The maximum absolute atomic E-state index is 2.34. The Hall–Kier alpha value is -5.20. The van der Waals surface area contributed by atoms with E-state index in [0.717, 1.165) is 0 Å². The minimum Gasteiger partial charge on any atom is -0.0622 e. The predicted molar refractivity (Wildman–Crippen MR) is 176 cm³/mol. The first kappa shape index (κ1) is 24.6. The molecule has 0 saturated carbocycles. The van der Waals surface area contributed by atoms with E-state index in [2.05, 4.69) is 182 Å². The van der Waals surface area contributed by atoms with Gasteiger partial charge in [-0.2, -0.15) is 0 Å². The Morgan fingerprint density at radius 1 is 0.214 bits per heavy atom. The van der Waals surface area contributed by atoms with Crippen molar-refractivity contribution in [3.63, 3.8) is 0 Å². The summed E-state index contributed by atoms with van der Waals surface area (Å²) in [7, 11) is 0. The van der Waals surface area contributed by atoms with Gasteiger partial charge in [-0.25, -0.2) is 0 Å². The van der Waals surface area contributed by atoms with Gasteiger partial charge in [0.15, 0.2) is 0 Å². The van der Waals surface area contributed by atoms with Gasteiger partial charge in [0.25, 0.3) is 0 Å². The van der Waals surface area contributed by atoms with Crippen LogP contribution in [0.3, 0.4) is 0 Å². The Bertz CT molecular complexity index is 1670. The van der Waals surface area contributed by atoms with E-state index >= 15 is 0 Å². The second kappa shape index (κ2) is 9.72. The van der Waals surface area contributed by atoms with Gasteiger partial charge >= 0.3 is 0 Å². The van der Waals surface area contributed by atoms with Crippen LogP contribution in [0.4, 0.5) is 0 Å². The normalized spacial score (nSPS) is 16.3. The minimum atomic E-state index is -0.394. The van der Waals surface area contributed by atoms with Crippen LogP contribution in [0.2, 0.25) is 0 Å². The van der Waals surface area contributed by atoms with Crippen molar-refractivity contribution in [1.82, 2.24) is 0 Å². The molecule has 0 aliphatic heterocycles. The average Bonchev–Trinajstić information content (AvgIpc) is 3.98. The lowest BCUT2D eigenvalue weighted by Crippen LogP contribution is -2.35. The molecule has 8 rings (SSSR count). The van der Waals surface area contributed by atoms with Crippen molar-refractivity contribution in [2.45, 2.75) is 10.8 Å². The van der Waals surface area contributed by atoms with Crippen molar-refractivity contribution >= 4 is 22.3 Å². The van der Waals surface area contributed by atoms with Crippen LogP contribution in [0.1, 0.15) is 33.4 Å². The maximum atomic E-state index is 2.34. The topological polar surface area (TPSA) is 0 Å². The molecule has 0 fully saturated rings. The Morgan fingerprint density at radius 3 is 0.619 bits per heavy atom. The SMILES string of the molecule is c1ccc(C2=C(c3ccccc3)C2(c2ccccc2)C2(c3ccccc3)C(c3ccccc3)=C2c2ccccc2)cc1. The van der Waals surface area contributed by atoms with E-state index in [0.29, 0.717) is 0 Å². The summed E-state index contributed by atoms with van der Waals surface area (Å²) in [6.07, 6.45) is 0. The molecule has 0 saturated heterocycles. The molecule has 0 radical (unpaired) electrons. The van der Waals surface area contributed by atoms with Crippen LogP contribution in [-0.4, -0.2) is 0 Å². The zero-order chi connectivity index (χ0) is 28.0. The van der Waals surface area contributed by atoms with Gasteiger partial charge in [-0.3, -0.25) is 0 Å². The Kier molecular flexibility index (Phi) is 5.69. The standard InChI is InChI=1S/C42H30/c1-7-19-31(20-8-1)37-38(32-21-9-2-10-22-32)41(37,35-27-15-5-16-28-35)42(36-29-17-6-18-30-36)39(33-23-11-3-12-24-33)40(42)34-25-13-4-14-26-34/h1-30H. The van der Waals surface area contributed by atoms with Gasteiger partial charge in [-0.1, -0.05) is 182 Å². The third kappa shape index (κ3) is 3.42. The first-order valence-corrected chi connectivity index (χ1v) is 14.7. The number of hydrogen-bond acceptors (Lipinski definition) is 0. The molecule has 2 aliphatic carbocycles. The van der Waals surface area contributed by atoms with Crippen LogP contribution in [0.25, 0.3) is 22.3 Å². The van der Waals surface area contributed by atoms with Gasteiger partial charge in [0.1, 0.15) is 0 Å². The van der Waals surface area contributed by atoms with Gasteiger partial charge in [-0.15, -0.1) is 0 Å². The minimum absolute atomic E-state index is 0.394. The Morgan fingerprint density at radius 2 is 0.405 bits per heavy atom. The van der Waals surface area contributed by atoms with E-state index in [-0.39, 0.29) is 0 Å². The van der Waals surface area contributed by atoms with E-state index in [1.807, 2.05) is 0 Å². The molecule has 0 nitrogen and oxygen atoms in total. The lowest BCUT2D eigenvalue weighted by molar-refractivity contribution is 0.639. The van der Waals surface area contributed by atoms with E-state index in [4.69, 9.17) is 0 Å². The number of benzene rings is 6. The van der Waals surface area contributed by atoms with Crippen molar-refractivity contribution < 1.29 is 0 Å². The number of rotatable bonds is 7. The van der Waals surface area contributed by atoms with E-state index in [1.54, 1.807) is 0 Å². The van der Waals surface area contributed by atoms with Crippen LogP contribution < -0.4 is 0 Å². The summed E-state index contributed by atoms with van der Waals surface area (Å²) in [5, 5.41) is 0. The first-order chi connectivity index (χ1) is 20.9. The van der Waals surface area contributed by atoms with Crippen LogP contribution in [0.5, 0.6) is 0 Å². The highest BCUT2D eigenvalue weighted by atomic mass is 14.8. The number of hydrogen-bond donors (Lipinski definition) is 0. The quantitative estimate of drug-likeness (QED) is 0.191. The van der Waals surface area contributed by atoms with Gasteiger partial charge in [0.05, 0.1) is 10.8 Å². The zero-order valence-corrected chi connectivity index (χ0v) is 23.3. The van der Waals surface area contributed by atoms with E-state index < -0.39 is 10.8 Å². The summed E-state index contributed by atoms with van der Waals surface area (Å²) >= 11 is 0. The smallest absolute Gasteiger partial charge is 0.0622 e. The highest BCUT2D eigenvalue weighted by Crippen LogP contribution is 2.84. The maximum Gasteiger partial charge on any atom is 0.0648 e. The molecular formula is C42H30.